The van der Waals surface area contributed by atoms with Gasteiger partial charge in [0.05, 0.1) is 0 Å². The molecule has 0 saturated heterocycles. The highest BCUT2D eigenvalue weighted by Gasteiger charge is 2.17. The quantitative estimate of drug-likeness (QED) is 0.266. The van der Waals surface area contributed by atoms with Crippen molar-refractivity contribution in [1.82, 2.24) is 14.5 Å². The number of benzene rings is 1. The van der Waals surface area contributed by atoms with Gasteiger partial charge in [0.1, 0.15) is 5.65 Å². The summed E-state index contributed by atoms with van der Waals surface area (Å²) in [5.41, 5.74) is 2.58. The second-order valence-corrected chi connectivity index (χ2v) is 5.67. The van der Waals surface area contributed by atoms with E-state index in [1.165, 1.54) is 6.20 Å². The van der Waals surface area contributed by atoms with Gasteiger partial charge in [0.25, 0.3) is 0 Å². The zero-order valence-electron chi connectivity index (χ0n) is 13.6. The van der Waals surface area contributed by atoms with Crippen LogP contribution in [0.25, 0.3) is 16.7 Å². The summed E-state index contributed by atoms with van der Waals surface area (Å²) < 4.78 is 1.95. The van der Waals surface area contributed by atoms with Crippen molar-refractivity contribution in [1.29, 1.82) is 0 Å². The highest BCUT2D eigenvalue weighted by molar-refractivity contribution is 6.51. The molecule has 6 nitrogen and oxygen atoms in total. The lowest BCUT2D eigenvalue weighted by Gasteiger charge is -2.07. The first-order chi connectivity index (χ1) is 12.8. The SMILES string of the molecule is O=C(/C(=N\O)c1cccnc1)c1ccc(-n2ccc3cccnc32)cc1. The molecule has 0 fully saturated rings. The Morgan fingerprint density at radius 1 is 0.962 bits per heavy atom. The maximum absolute atomic E-state index is 12.6. The van der Waals surface area contributed by atoms with E-state index in [-0.39, 0.29) is 11.5 Å². The van der Waals surface area contributed by atoms with E-state index >= 15 is 0 Å². The van der Waals surface area contributed by atoms with Crippen LogP contribution in [0, 0.1) is 0 Å². The van der Waals surface area contributed by atoms with E-state index in [0.717, 1.165) is 16.7 Å². The number of fused-ring (bicyclic) bond motifs is 1. The van der Waals surface area contributed by atoms with Gasteiger partial charge in [0.15, 0.2) is 5.71 Å². The molecule has 4 rings (SSSR count). The number of carbonyl (C=O) groups is 1. The third kappa shape index (κ3) is 2.73. The number of nitrogens with zero attached hydrogens (tertiary/aromatic N) is 4. The molecule has 0 aliphatic carbocycles. The fraction of sp³-hybridized carbons (Fsp3) is 0. The summed E-state index contributed by atoms with van der Waals surface area (Å²) >= 11 is 0. The van der Waals surface area contributed by atoms with Crippen LogP contribution < -0.4 is 0 Å². The molecule has 0 atom stereocenters. The molecule has 3 aromatic heterocycles. The van der Waals surface area contributed by atoms with Crippen molar-refractivity contribution in [3.63, 3.8) is 0 Å². The van der Waals surface area contributed by atoms with Gasteiger partial charge in [-0.25, -0.2) is 4.98 Å². The van der Waals surface area contributed by atoms with Gasteiger partial charge in [0.2, 0.25) is 5.78 Å². The van der Waals surface area contributed by atoms with Crippen LogP contribution in [0.2, 0.25) is 0 Å². The minimum Gasteiger partial charge on any atom is -0.410 e. The Kier molecular flexibility index (Phi) is 3.99. The van der Waals surface area contributed by atoms with Crippen LogP contribution in [0.1, 0.15) is 15.9 Å². The molecule has 0 aliphatic rings. The molecule has 3 heterocycles. The van der Waals surface area contributed by atoms with Gasteiger partial charge >= 0.3 is 0 Å². The van der Waals surface area contributed by atoms with Gasteiger partial charge in [0, 0.05) is 47.0 Å². The maximum Gasteiger partial charge on any atom is 0.215 e. The van der Waals surface area contributed by atoms with Crippen LogP contribution in [-0.2, 0) is 0 Å². The average Bonchev–Trinajstić information content (AvgIpc) is 3.13. The van der Waals surface area contributed by atoms with Gasteiger partial charge in [-0.1, -0.05) is 5.16 Å². The zero-order valence-corrected chi connectivity index (χ0v) is 13.6. The third-order valence-corrected chi connectivity index (χ3v) is 4.11. The second-order valence-electron chi connectivity index (χ2n) is 5.67. The Bertz CT molecular complexity index is 1100. The lowest BCUT2D eigenvalue weighted by atomic mass is 10.0. The average molecular weight is 342 g/mol. The van der Waals surface area contributed by atoms with Crippen LogP contribution in [0.4, 0.5) is 0 Å². The van der Waals surface area contributed by atoms with Crippen LogP contribution in [0.3, 0.4) is 0 Å². The molecule has 0 aliphatic heterocycles. The van der Waals surface area contributed by atoms with Crippen molar-refractivity contribution in [3.8, 4) is 5.69 Å². The van der Waals surface area contributed by atoms with Crippen LogP contribution in [-0.4, -0.2) is 31.2 Å². The first-order valence-corrected chi connectivity index (χ1v) is 7.97. The van der Waals surface area contributed by atoms with Crippen molar-refractivity contribution in [2.24, 2.45) is 5.16 Å². The van der Waals surface area contributed by atoms with Gasteiger partial charge in [-0.05, 0) is 54.6 Å². The van der Waals surface area contributed by atoms with Crippen LogP contribution in [0.15, 0.2) is 84.5 Å². The van der Waals surface area contributed by atoms with Crippen molar-refractivity contribution >= 4 is 22.5 Å². The Morgan fingerprint density at radius 2 is 1.77 bits per heavy atom. The Hall–Kier alpha value is -3.80. The lowest BCUT2D eigenvalue weighted by molar-refractivity contribution is 0.106. The van der Waals surface area contributed by atoms with E-state index in [9.17, 15) is 10.0 Å². The molecule has 4 aromatic rings. The number of ketones is 1. The number of pyridine rings is 2. The van der Waals surface area contributed by atoms with Gasteiger partial charge in [-0.15, -0.1) is 0 Å². The molecular formula is C20H14N4O2. The Morgan fingerprint density at radius 3 is 2.50 bits per heavy atom. The van der Waals surface area contributed by atoms with Gasteiger partial charge in [-0.2, -0.15) is 0 Å². The normalized spacial score (nSPS) is 11.6. The first-order valence-electron chi connectivity index (χ1n) is 7.97. The molecule has 1 aromatic carbocycles. The summed E-state index contributed by atoms with van der Waals surface area (Å²) in [5.74, 6) is -0.373. The number of hydrogen-bond donors (Lipinski definition) is 1. The molecule has 1 N–H and O–H groups in total. The summed E-state index contributed by atoms with van der Waals surface area (Å²) in [7, 11) is 0. The number of aromatic nitrogens is 3. The summed E-state index contributed by atoms with van der Waals surface area (Å²) in [6, 6.07) is 16.3. The highest BCUT2D eigenvalue weighted by Crippen LogP contribution is 2.19. The van der Waals surface area contributed by atoms with E-state index in [1.807, 2.05) is 41.1 Å². The molecule has 0 radical (unpaired) electrons. The molecule has 0 saturated carbocycles. The number of oxime groups is 1. The molecular weight excluding hydrogens is 328 g/mol. The lowest BCUT2D eigenvalue weighted by Crippen LogP contribution is -2.16. The standard InChI is InChI=1S/C20H14N4O2/c25-19(18(23-26)16-4-1-10-21-13-16)14-5-7-17(8-6-14)24-12-9-15-3-2-11-22-20(15)24/h1-13,26H/b23-18-. The Balaban J connectivity index is 1.66. The predicted molar refractivity (Wildman–Crippen MR) is 98.0 cm³/mol. The minimum absolute atomic E-state index is 0.0427. The van der Waals surface area contributed by atoms with Crippen molar-refractivity contribution in [2.45, 2.75) is 0 Å². The molecule has 126 valence electrons. The van der Waals surface area contributed by atoms with E-state index in [0.29, 0.717) is 11.1 Å². The maximum atomic E-state index is 12.6. The van der Waals surface area contributed by atoms with E-state index < -0.39 is 0 Å². The Labute approximate surface area is 149 Å². The number of carbonyl (C=O) groups excluding carboxylic acids is 1. The topological polar surface area (TPSA) is 80.4 Å². The first kappa shape index (κ1) is 15.7. The summed E-state index contributed by atoms with van der Waals surface area (Å²) in [4.78, 5) is 21.0. The zero-order chi connectivity index (χ0) is 17.9. The minimum atomic E-state index is -0.373. The molecule has 0 bridgehead atoms. The second kappa shape index (κ2) is 6.60. The predicted octanol–water partition coefficient (Wildman–Crippen LogP) is 3.48. The largest absolute Gasteiger partial charge is 0.410 e. The van der Waals surface area contributed by atoms with Crippen LogP contribution in [0.5, 0.6) is 0 Å². The molecule has 26 heavy (non-hydrogen) atoms. The molecule has 0 spiro atoms. The molecule has 0 unspecified atom stereocenters. The van der Waals surface area contributed by atoms with Crippen molar-refractivity contribution in [3.05, 3.63) is 90.5 Å². The smallest absolute Gasteiger partial charge is 0.215 e. The summed E-state index contributed by atoms with van der Waals surface area (Å²) in [6.07, 6.45) is 6.76. The van der Waals surface area contributed by atoms with Crippen molar-refractivity contribution in [2.75, 3.05) is 0 Å². The molecule has 6 heteroatoms. The monoisotopic (exact) mass is 342 g/mol. The number of rotatable bonds is 4. The van der Waals surface area contributed by atoms with E-state index in [4.69, 9.17) is 0 Å². The van der Waals surface area contributed by atoms with E-state index in [1.54, 1.807) is 36.7 Å². The fourth-order valence-electron chi connectivity index (χ4n) is 2.82. The van der Waals surface area contributed by atoms with Crippen molar-refractivity contribution < 1.29 is 10.0 Å². The van der Waals surface area contributed by atoms with Gasteiger partial charge in [-0.3, -0.25) is 9.78 Å². The van der Waals surface area contributed by atoms with E-state index in [2.05, 4.69) is 15.1 Å². The number of hydrogen-bond acceptors (Lipinski definition) is 5. The highest BCUT2D eigenvalue weighted by atomic mass is 16.4. The summed E-state index contributed by atoms with van der Waals surface area (Å²) in [6.45, 7) is 0. The molecule has 0 amide bonds. The number of Topliss-reactive ketones (excluding diaryl/α,β-unsaturated/α-hetero) is 1. The van der Waals surface area contributed by atoms with Crippen LogP contribution >= 0.6 is 0 Å². The fourth-order valence-corrected chi connectivity index (χ4v) is 2.82. The summed E-state index contributed by atoms with van der Waals surface area (Å²) in [5, 5.41) is 13.5. The van der Waals surface area contributed by atoms with Gasteiger partial charge < -0.3 is 9.77 Å². The third-order valence-electron chi connectivity index (χ3n) is 4.11.